The van der Waals surface area contributed by atoms with E-state index in [2.05, 4.69) is 0 Å². The first kappa shape index (κ1) is 94.5. The van der Waals surface area contributed by atoms with Gasteiger partial charge in [0.2, 0.25) is 0 Å². The minimum atomic E-state index is -5.46. The second-order valence-electron chi connectivity index (χ2n) is 11.2. The van der Waals surface area contributed by atoms with E-state index in [1.54, 1.807) is 0 Å². The molecule has 0 amide bonds. The molecular weight excluding hydrogens is 1410 g/mol. The van der Waals surface area contributed by atoms with Gasteiger partial charge in [0, 0.05) is 0 Å². The standard InChI is InChI=1S/6C5H2F6O2.3Ni/c6*6-4(7,8)2(12)1-3(13)5(9,10)11;;;/h6*1,12H;;;/q;;;;;;3*+2/p-6/b6*2-1-;;;. The van der Waals surface area contributed by atoms with Gasteiger partial charge in [-0.15, -0.1) is 0 Å². The molecule has 0 aliphatic heterocycles. The van der Waals surface area contributed by atoms with E-state index in [0.717, 1.165) is 0 Å². The van der Waals surface area contributed by atoms with Gasteiger partial charge in [0.05, 0.1) is 0 Å². The number of carbonyl (C=O) groups is 6. The summed E-state index contributed by atoms with van der Waals surface area (Å²) in [6, 6.07) is 0. The van der Waals surface area contributed by atoms with Crippen LogP contribution < -0.4 is 30.6 Å². The van der Waals surface area contributed by atoms with E-state index in [1.165, 1.54) is 0 Å². The van der Waals surface area contributed by atoms with Crippen LogP contribution in [0.2, 0.25) is 0 Å². The van der Waals surface area contributed by atoms with Crippen LogP contribution >= 0.6 is 0 Å². The van der Waals surface area contributed by atoms with E-state index in [4.69, 9.17) is 0 Å². The zero-order valence-electron chi connectivity index (χ0n) is 34.9. The Balaban J connectivity index is -0.000000109. The Morgan fingerprint density at radius 3 is 0.272 bits per heavy atom. The van der Waals surface area contributed by atoms with Gasteiger partial charge in [-0.25, -0.2) is 0 Å². The predicted molar refractivity (Wildman–Crippen MR) is 151 cm³/mol. The molecule has 0 bridgehead atoms. The van der Waals surface area contributed by atoms with Crippen molar-refractivity contribution in [3.8, 4) is 0 Å². The van der Waals surface area contributed by atoms with Crippen molar-refractivity contribution in [2.75, 3.05) is 0 Å². The fourth-order valence-electron chi connectivity index (χ4n) is 1.70. The van der Waals surface area contributed by atoms with Gasteiger partial charge in [-0.05, 0) is 71.0 Å². The molecule has 0 unspecified atom stereocenters. The number of carbonyl (C=O) groups excluding carboxylic acids is 6. The molecule has 81 heavy (non-hydrogen) atoms. The summed E-state index contributed by atoms with van der Waals surface area (Å²) in [4.78, 5) is 58.9. The van der Waals surface area contributed by atoms with E-state index < -0.39 is 180 Å². The molecule has 0 spiro atoms. The van der Waals surface area contributed by atoms with Crippen molar-refractivity contribution >= 4 is 34.7 Å². The van der Waals surface area contributed by atoms with Crippen molar-refractivity contribution in [2.45, 2.75) is 74.1 Å². The molecule has 0 saturated heterocycles. The number of hydrogen-bond donors (Lipinski definition) is 0. The van der Waals surface area contributed by atoms with Crippen molar-refractivity contribution in [2.24, 2.45) is 0 Å². The van der Waals surface area contributed by atoms with Crippen LogP contribution in [-0.4, -0.2) is 109 Å². The summed E-state index contributed by atoms with van der Waals surface area (Å²) in [7, 11) is 0. The Morgan fingerprint density at radius 2 is 0.235 bits per heavy atom. The number of ketones is 6. The Bertz CT molecular complexity index is 1830. The van der Waals surface area contributed by atoms with Crippen LogP contribution in [0.3, 0.4) is 0 Å². The van der Waals surface area contributed by atoms with Crippen molar-refractivity contribution in [1.82, 2.24) is 0 Å². The van der Waals surface area contributed by atoms with Gasteiger partial charge in [0.25, 0.3) is 34.7 Å². The average molecular weight is 1420 g/mol. The van der Waals surface area contributed by atoms with Gasteiger partial charge < -0.3 is 30.6 Å². The third kappa shape index (κ3) is 47.6. The monoisotopic (exact) mass is 1420 g/mol. The quantitative estimate of drug-likeness (QED) is 0.138. The van der Waals surface area contributed by atoms with E-state index in [9.17, 15) is 217 Å². The number of rotatable bonds is 6. The number of hydrogen-bond acceptors (Lipinski definition) is 12. The summed E-state index contributed by atoms with van der Waals surface area (Å²) in [6.45, 7) is 0. The van der Waals surface area contributed by atoms with Crippen LogP contribution in [0.25, 0.3) is 0 Å². The summed E-state index contributed by atoms with van der Waals surface area (Å²) in [6.07, 6.45) is -71.7. The maximum atomic E-state index is 11.3. The second-order valence-corrected chi connectivity index (χ2v) is 11.2. The molecule has 0 N–H and O–H groups in total. The van der Waals surface area contributed by atoms with Gasteiger partial charge in [0.1, 0.15) is 0 Å². The zero-order valence-corrected chi connectivity index (χ0v) is 37.9. The fraction of sp³-hybridized carbons (Fsp3) is 0.400. The molecule has 0 aliphatic rings. The number of alkyl halides is 36. The van der Waals surface area contributed by atoms with E-state index in [0.29, 0.717) is 0 Å². The predicted octanol–water partition coefficient (Wildman–Crippen LogP) is 5.54. The molecule has 0 atom stereocenters. The van der Waals surface area contributed by atoms with Crippen LogP contribution in [0, 0.1) is 0 Å². The Labute approximate surface area is 446 Å². The Kier molecular flexibility index (Phi) is 39.6. The van der Waals surface area contributed by atoms with E-state index in [-0.39, 0.29) is 49.5 Å². The second kappa shape index (κ2) is 34.0. The maximum Gasteiger partial charge on any atom is 2.00 e. The van der Waals surface area contributed by atoms with Gasteiger partial charge in [-0.1, -0.05) is 0 Å². The first-order valence-corrected chi connectivity index (χ1v) is 15.7. The van der Waals surface area contributed by atoms with Crippen LogP contribution in [0.15, 0.2) is 71.0 Å². The molecule has 12 nitrogen and oxygen atoms in total. The van der Waals surface area contributed by atoms with Crippen LogP contribution in [0.5, 0.6) is 0 Å². The van der Waals surface area contributed by atoms with Crippen LogP contribution in [0.1, 0.15) is 0 Å². The van der Waals surface area contributed by atoms with Crippen molar-refractivity contribution in [3.05, 3.63) is 71.0 Å². The van der Waals surface area contributed by atoms with Crippen molar-refractivity contribution in [3.63, 3.8) is 0 Å². The molecule has 0 rings (SSSR count). The third-order valence-corrected chi connectivity index (χ3v) is 4.93. The van der Waals surface area contributed by atoms with Crippen molar-refractivity contribution < 1.29 is 267 Å². The Morgan fingerprint density at radius 1 is 0.173 bits per heavy atom. The molecule has 0 fully saturated rings. The SMILES string of the molecule is O=C(/C=C(\[O-])C(F)(F)F)C(F)(F)F.O=C(/C=C(\[O-])C(F)(F)F)C(F)(F)F.O=C(/C=C(\[O-])C(F)(F)F)C(F)(F)F.O=C(/C=C(\[O-])C(F)(F)F)C(F)(F)F.O=C(/C=C(\[O-])C(F)(F)F)C(F)(F)F.O=C(/C=C(\[O-])C(F)(F)F)C(F)(F)F.[Ni+2].[Ni+2].[Ni+2]. The fourth-order valence-corrected chi connectivity index (χ4v) is 1.70. The first-order chi connectivity index (χ1) is 33.3. The molecule has 480 valence electrons. The smallest absolute Gasteiger partial charge is 0.869 e. The maximum absolute atomic E-state index is 11.3. The molecule has 0 radical (unpaired) electrons. The summed E-state index contributed by atoms with van der Waals surface area (Å²) in [5.74, 6) is -33.9. The van der Waals surface area contributed by atoms with Gasteiger partial charge >= 0.3 is 124 Å². The van der Waals surface area contributed by atoms with Gasteiger partial charge in [-0.3, -0.25) is 28.8 Å². The van der Waals surface area contributed by atoms with E-state index in [1.807, 2.05) is 0 Å². The summed E-state index contributed by atoms with van der Waals surface area (Å²) >= 11 is 0. The molecule has 0 aromatic rings. The normalized spacial score (nSPS) is 13.9. The average Bonchev–Trinajstić information content (AvgIpc) is 3.14. The largest absolute Gasteiger partial charge is 2.00 e. The van der Waals surface area contributed by atoms with Gasteiger partial charge in [-0.2, -0.15) is 158 Å². The van der Waals surface area contributed by atoms with Crippen molar-refractivity contribution in [1.29, 1.82) is 0 Å². The zero-order chi connectivity index (χ0) is 65.2. The Hall–Kier alpha value is -5.78. The first-order valence-electron chi connectivity index (χ1n) is 15.7. The molecule has 0 aliphatic carbocycles. The minimum absolute atomic E-state index is 0. The molecule has 0 heterocycles. The van der Waals surface area contributed by atoms with Crippen LogP contribution in [0.4, 0.5) is 158 Å². The summed E-state index contributed by atoms with van der Waals surface area (Å²) in [5.41, 5.74) is 0. The summed E-state index contributed by atoms with van der Waals surface area (Å²) < 4.78 is 407. The molecular formula is C30H6F36Ni3O12. The molecule has 0 aromatic carbocycles. The molecule has 0 saturated carbocycles. The van der Waals surface area contributed by atoms with E-state index >= 15 is 0 Å². The number of allylic oxidation sites excluding steroid dienone is 12. The number of halogens is 36. The minimum Gasteiger partial charge on any atom is -0.869 e. The van der Waals surface area contributed by atoms with Gasteiger partial charge in [0.15, 0.2) is 0 Å². The van der Waals surface area contributed by atoms with Crippen LogP contribution in [-0.2, 0) is 78.2 Å². The molecule has 0 aromatic heterocycles. The third-order valence-electron chi connectivity index (χ3n) is 4.93. The molecule has 51 heteroatoms. The summed E-state index contributed by atoms with van der Waals surface area (Å²) in [5, 5.41) is 58.9. The topological polar surface area (TPSA) is 241 Å².